The quantitative estimate of drug-likeness (QED) is 0.668. The Morgan fingerprint density at radius 1 is 1.07 bits per heavy atom. The minimum Gasteiger partial charge on any atom is -0.0625 e. The summed E-state index contributed by atoms with van der Waals surface area (Å²) in [5, 5.41) is 0. The van der Waals surface area contributed by atoms with Crippen LogP contribution in [-0.2, 0) is 6.42 Å². The molecule has 0 aliphatic heterocycles. The van der Waals surface area contributed by atoms with Crippen LogP contribution >= 0.6 is 0 Å². The van der Waals surface area contributed by atoms with Crippen LogP contribution in [0.1, 0.15) is 43.7 Å². The van der Waals surface area contributed by atoms with Gasteiger partial charge in [0.25, 0.3) is 0 Å². The fourth-order valence-electron chi connectivity index (χ4n) is 2.68. The molecule has 1 aliphatic rings. The zero-order valence-corrected chi connectivity index (χ0v) is 10.00. The van der Waals surface area contributed by atoms with E-state index in [-0.39, 0.29) is 0 Å². The highest BCUT2D eigenvalue weighted by Crippen LogP contribution is 2.31. The molecule has 1 saturated carbocycles. The van der Waals surface area contributed by atoms with Crippen LogP contribution in [0.15, 0.2) is 24.3 Å². The maximum Gasteiger partial charge on any atom is -0.0248 e. The molecule has 1 fully saturated rings. The average Bonchev–Trinajstić information content (AvgIpc) is 2.25. The summed E-state index contributed by atoms with van der Waals surface area (Å²) in [5.74, 6) is 1.92. The SMILES string of the molecule is Cc1ccccc1CC1CCC(C)CC1. The molecule has 15 heavy (non-hydrogen) atoms. The van der Waals surface area contributed by atoms with Crippen molar-refractivity contribution in [2.75, 3.05) is 0 Å². The molecule has 0 bridgehead atoms. The molecule has 2 rings (SSSR count). The van der Waals surface area contributed by atoms with E-state index in [0.717, 1.165) is 11.8 Å². The lowest BCUT2D eigenvalue weighted by Crippen LogP contribution is -2.14. The van der Waals surface area contributed by atoms with Crippen LogP contribution in [0.3, 0.4) is 0 Å². The third-order valence-electron chi connectivity index (χ3n) is 3.91. The molecule has 82 valence electrons. The van der Waals surface area contributed by atoms with Gasteiger partial charge in [0.2, 0.25) is 0 Å². The van der Waals surface area contributed by atoms with Crippen LogP contribution < -0.4 is 0 Å². The van der Waals surface area contributed by atoms with E-state index in [2.05, 4.69) is 38.1 Å². The fraction of sp³-hybridized carbons (Fsp3) is 0.600. The predicted molar refractivity (Wildman–Crippen MR) is 66.0 cm³/mol. The predicted octanol–water partition coefficient (Wildman–Crippen LogP) is 4.36. The Hall–Kier alpha value is -0.780. The molecule has 0 heterocycles. The van der Waals surface area contributed by atoms with Crippen molar-refractivity contribution >= 4 is 0 Å². The lowest BCUT2D eigenvalue weighted by atomic mass is 9.79. The lowest BCUT2D eigenvalue weighted by molar-refractivity contribution is 0.288. The van der Waals surface area contributed by atoms with Gasteiger partial charge in [-0.2, -0.15) is 0 Å². The fourth-order valence-corrected chi connectivity index (χ4v) is 2.68. The molecule has 1 aromatic carbocycles. The van der Waals surface area contributed by atoms with Crippen molar-refractivity contribution in [2.45, 2.75) is 46.0 Å². The molecular weight excluding hydrogens is 180 g/mol. The molecule has 0 unspecified atom stereocenters. The standard InChI is InChI=1S/C15H22/c1-12-7-9-14(10-8-12)11-15-6-4-3-5-13(15)2/h3-6,12,14H,7-11H2,1-2H3. The van der Waals surface area contributed by atoms with Gasteiger partial charge in [-0.25, -0.2) is 0 Å². The first-order valence-electron chi connectivity index (χ1n) is 6.30. The minimum atomic E-state index is 0.947. The van der Waals surface area contributed by atoms with Crippen molar-refractivity contribution in [3.8, 4) is 0 Å². The number of aryl methyl sites for hydroxylation is 1. The zero-order chi connectivity index (χ0) is 10.7. The largest absolute Gasteiger partial charge is 0.0625 e. The van der Waals surface area contributed by atoms with Gasteiger partial charge in [0.05, 0.1) is 0 Å². The van der Waals surface area contributed by atoms with Gasteiger partial charge < -0.3 is 0 Å². The second kappa shape index (κ2) is 4.83. The van der Waals surface area contributed by atoms with Gasteiger partial charge in [-0.15, -0.1) is 0 Å². The molecule has 0 saturated heterocycles. The summed E-state index contributed by atoms with van der Waals surface area (Å²) in [6.07, 6.45) is 7.07. The normalized spacial score (nSPS) is 26.5. The van der Waals surface area contributed by atoms with Crippen LogP contribution in [-0.4, -0.2) is 0 Å². The van der Waals surface area contributed by atoms with E-state index >= 15 is 0 Å². The van der Waals surface area contributed by atoms with Gasteiger partial charge >= 0.3 is 0 Å². The lowest BCUT2D eigenvalue weighted by Gasteiger charge is -2.26. The van der Waals surface area contributed by atoms with Crippen LogP contribution in [0.4, 0.5) is 0 Å². The summed E-state index contributed by atoms with van der Waals surface area (Å²) >= 11 is 0. The summed E-state index contributed by atoms with van der Waals surface area (Å²) in [5.41, 5.74) is 3.04. The van der Waals surface area contributed by atoms with E-state index < -0.39 is 0 Å². The Bertz CT molecular complexity index is 306. The Labute approximate surface area is 93.7 Å². The molecule has 0 heteroatoms. The summed E-state index contributed by atoms with van der Waals surface area (Å²) in [6, 6.07) is 8.85. The maximum absolute atomic E-state index is 2.39. The highest BCUT2D eigenvalue weighted by Gasteiger charge is 2.18. The molecule has 0 spiro atoms. The van der Waals surface area contributed by atoms with Crippen molar-refractivity contribution < 1.29 is 0 Å². The zero-order valence-electron chi connectivity index (χ0n) is 10.00. The summed E-state index contributed by atoms with van der Waals surface area (Å²) < 4.78 is 0. The molecule has 0 radical (unpaired) electrons. The first kappa shape index (κ1) is 10.7. The van der Waals surface area contributed by atoms with Gasteiger partial charge in [-0.1, -0.05) is 44.0 Å². The first-order valence-corrected chi connectivity index (χ1v) is 6.30. The first-order chi connectivity index (χ1) is 7.25. The summed E-state index contributed by atoms with van der Waals surface area (Å²) in [6.45, 7) is 4.63. The van der Waals surface area contributed by atoms with Gasteiger partial charge in [0.15, 0.2) is 0 Å². The second-order valence-corrected chi connectivity index (χ2v) is 5.26. The molecule has 0 amide bonds. The van der Waals surface area contributed by atoms with Crippen LogP contribution in [0.25, 0.3) is 0 Å². The van der Waals surface area contributed by atoms with Crippen molar-refractivity contribution in [3.05, 3.63) is 35.4 Å². The summed E-state index contributed by atoms with van der Waals surface area (Å²) in [4.78, 5) is 0. The Morgan fingerprint density at radius 3 is 2.40 bits per heavy atom. The van der Waals surface area contributed by atoms with Crippen LogP contribution in [0, 0.1) is 18.8 Å². The molecule has 0 nitrogen and oxygen atoms in total. The van der Waals surface area contributed by atoms with Gasteiger partial charge in [0, 0.05) is 0 Å². The van der Waals surface area contributed by atoms with Gasteiger partial charge in [0.1, 0.15) is 0 Å². The van der Waals surface area contributed by atoms with Crippen LogP contribution in [0.5, 0.6) is 0 Å². The number of hydrogen-bond acceptors (Lipinski definition) is 0. The van der Waals surface area contributed by atoms with E-state index in [4.69, 9.17) is 0 Å². The minimum absolute atomic E-state index is 0.947. The van der Waals surface area contributed by atoms with Crippen molar-refractivity contribution in [1.82, 2.24) is 0 Å². The number of benzene rings is 1. The highest BCUT2D eigenvalue weighted by atomic mass is 14.2. The van der Waals surface area contributed by atoms with Gasteiger partial charge in [-0.3, -0.25) is 0 Å². The molecule has 0 aromatic heterocycles. The monoisotopic (exact) mass is 202 g/mol. The topological polar surface area (TPSA) is 0 Å². The Morgan fingerprint density at radius 2 is 1.73 bits per heavy atom. The molecule has 1 aromatic rings. The van der Waals surface area contributed by atoms with E-state index in [9.17, 15) is 0 Å². The van der Waals surface area contributed by atoms with Crippen molar-refractivity contribution in [1.29, 1.82) is 0 Å². The summed E-state index contributed by atoms with van der Waals surface area (Å²) in [7, 11) is 0. The molecule has 0 N–H and O–H groups in total. The third-order valence-corrected chi connectivity index (χ3v) is 3.91. The van der Waals surface area contributed by atoms with Crippen molar-refractivity contribution in [3.63, 3.8) is 0 Å². The molecule has 0 atom stereocenters. The van der Waals surface area contributed by atoms with E-state index in [1.165, 1.54) is 37.7 Å². The van der Waals surface area contributed by atoms with Gasteiger partial charge in [-0.05, 0) is 49.1 Å². The Balaban J connectivity index is 1.95. The average molecular weight is 202 g/mol. The molecule has 1 aliphatic carbocycles. The van der Waals surface area contributed by atoms with E-state index in [1.54, 1.807) is 5.56 Å². The Kier molecular flexibility index (Phi) is 3.45. The number of hydrogen-bond donors (Lipinski definition) is 0. The van der Waals surface area contributed by atoms with Crippen molar-refractivity contribution in [2.24, 2.45) is 11.8 Å². The van der Waals surface area contributed by atoms with Crippen LogP contribution in [0.2, 0.25) is 0 Å². The van der Waals surface area contributed by atoms with E-state index in [0.29, 0.717) is 0 Å². The maximum atomic E-state index is 2.39. The smallest absolute Gasteiger partial charge is 0.0248 e. The third kappa shape index (κ3) is 2.84. The second-order valence-electron chi connectivity index (χ2n) is 5.26. The highest BCUT2D eigenvalue weighted by molar-refractivity contribution is 5.25. The number of rotatable bonds is 2. The van der Waals surface area contributed by atoms with E-state index in [1.807, 2.05) is 0 Å². The molecular formula is C15H22.